The van der Waals surface area contributed by atoms with Crippen molar-refractivity contribution in [2.45, 2.75) is 36.3 Å². The van der Waals surface area contributed by atoms with Gasteiger partial charge in [0, 0.05) is 31.0 Å². The van der Waals surface area contributed by atoms with Gasteiger partial charge in [-0.05, 0) is 49.1 Å². The number of carbonyl (C=O) groups is 2. The lowest BCUT2D eigenvalue weighted by atomic mass is 9.96. The molecule has 4 rings (SSSR count). The van der Waals surface area contributed by atoms with Crippen LogP contribution in [0, 0.1) is 5.92 Å². The van der Waals surface area contributed by atoms with Crippen molar-refractivity contribution < 1.29 is 9.59 Å². The van der Waals surface area contributed by atoms with E-state index in [1.807, 2.05) is 54.3 Å². The number of hydrogen-bond donors (Lipinski definition) is 1. The molecule has 0 aliphatic carbocycles. The van der Waals surface area contributed by atoms with Gasteiger partial charge in [-0.25, -0.2) is 4.98 Å². The second-order valence-electron chi connectivity index (χ2n) is 7.81. The number of para-hydroxylation sites is 1. The highest BCUT2D eigenvalue weighted by Gasteiger charge is 2.28. The number of benzene rings is 2. The fourth-order valence-electron chi connectivity index (χ4n) is 3.75. The molecular weight excluding hydrogens is 426 g/mol. The molecule has 1 aliphatic heterocycles. The first-order chi connectivity index (χ1) is 15.1. The van der Waals surface area contributed by atoms with Gasteiger partial charge in [0.25, 0.3) is 5.91 Å². The zero-order valence-electron chi connectivity index (χ0n) is 17.7. The highest BCUT2D eigenvalue weighted by atomic mass is 32.2. The van der Waals surface area contributed by atoms with E-state index in [4.69, 9.17) is 0 Å². The smallest absolute Gasteiger partial charge is 0.253 e. The highest BCUT2D eigenvalue weighted by Crippen LogP contribution is 2.31. The van der Waals surface area contributed by atoms with Gasteiger partial charge in [-0.2, -0.15) is 0 Å². The Morgan fingerprint density at radius 2 is 2.00 bits per heavy atom. The van der Waals surface area contributed by atoms with Crippen LogP contribution in [0.5, 0.6) is 0 Å². The molecule has 2 amide bonds. The maximum Gasteiger partial charge on any atom is 0.253 e. The Morgan fingerprint density at radius 3 is 2.77 bits per heavy atom. The van der Waals surface area contributed by atoms with E-state index >= 15 is 0 Å². The first-order valence-electron chi connectivity index (χ1n) is 10.8. The van der Waals surface area contributed by atoms with Crippen LogP contribution in [0.3, 0.4) is 0 Å². The molecule has 2 heterocycles. The van der Waals surface area contributed by atoms with Crippen molar-refractivity contribution in [2.75, 3.05) is 19.6 Å². The van der Waals surface area contributed by atoms with Crippen LogP contribution in [-0.4, -0.2) is 41.3 Å². The number of thioether (sulfide) groups is 1. The van der Waals surface area contributed by atoms with Crippen molar-refractivity contribution in [1.82, 2.24) is 15.2 Å². The Bertz CT molecular complexity index is 1020. The Balaban J connectivity index is 1.33. The van der Waals surface area contributed by atoms with Crippen molar-refractivity contribution in [2.24, 2.45) is 5.92 Å². The molecule has 1 N–H and O–H groups in total. The van der Waals surface area contributed by atoms with Crippen LogP contribution in [0.15, 0.2) is 52.9 Å². The Labute approximate surface area is 191 Å². The van der Waals surface area contributed by atoms with E-state index in [0.29, 0.717) is 25.2 Å². The van der Waals surface area contributed by atoms with Crippen LogP contribution in [-0.2, 0) is 10.5 Å². The third-order valence-corrected chi connectivity index (χ3v) is 7.72. The molecule has 3 aromatic rings. The Morgan fingerprint density at radius 1 is 1.19 bits per heavy atom. The highest BCUT2D eigenvalue weighted by molar-refractivity contribution is 8.00. The molecule has 0 radical (unpaired) electrons. The molecule has 2 aromatic carbocycles. The monoisotopic (exact) mass is 453 g/mol. The maximum absolute atomic E-state index is 13.0. The number of hydrogen-bond acceptors (Lipinski definition) is 5. The molecule has 0 bridgehead atoms. The first-order valence-corrected chi connectivity index (χ1v) is 12.6. The molecule has 162 valence electrons. The number of thiazole rings is 1. The van der Waals surface area contributed by atoms with Crippen LogP contribution in [0.25, 0.3) is 10.2 Å². The quantitative estimate of drug-likeness (QED) is 0.513. The van der Waals surface area contributed by atoms with Gasteiger partial charge in [0.2, 0.25) is 5.91 Å². The summed E-state index contributed by atoms with van der Waals surface area (Å²) < 4.78 is 2.26. The number of nitrogens with one attached hydrogen (secondary N) is 1. The summed E-state index contributed by atoms with van der Waals surface area (Å²) in [5.74, 6) is 0.797. The van der Waals surface area contributed by atoms with E-state index < -0.39 is 0 Å². The molecular formula is C24H27N3O2S2. The zero-order valence-corrected chi connectivity index (χ0v) is 19.3. The largest absolute Gasteiger partial charge is 0.356 e. The summed E-state index contributed by atoms with van der Waals surface area (Å²) in [5.41, 5.74) is 2.89. The molecule has 1 aliphatic rings. The topological polar surface area (TPSA) is 62.3 Å². The minimum Gasteiger partial charge on any atom is -0.356 e. The van der Waals surface area contributed by atoms with Gasteiger partial charge in [0.1, 0.15) is 0 Å². The number of piperidine rings is 1. The summed E-state index contributed by atoms with van der Waals surface area (Å²) >= 11 is 3.43. The number of nitrogens with zero attached hydrogens (tertiary/aromatic N) is 2. The number of amides is 2. The van der Waals surface area contributed by atoms with Crippen LogP contribution in [0.4, 0.5) is 0 Å². The van der Waals surface area contributed by atoms with Gasteiger partial charge >= 0.3 is 0 Å². The third-order valence-electron chi connectivity index (χ3n) is 5.47. The number of likely N-dealkylation sites (tertiary alicyclic amines) is 1. The molecule has 31 heavy (non-hydrogen) atoms. The lowest BCUT2D eigenvalue weighted by Gasteiger charge is -2.32. The summed E-state index contributed by atoms with van der Waals surface area (Å²) in [6, 6.07) is 16.0. The summed E-state index contributed by atoms with van der Waals surface area (Å²) in [6.07, 6.45) is 2.64. The van der Waals surface area contributed by atoms with Crippen molar-refractivity contribution in [1.29, 1.82) is 0 Å². The number of carbonyl (C=O) groups excluding carboxylic acids is 2. The minimum absolute atomic E-state index is 0.0124. The third kappa shape index (κ3) is 5.46. The van der Waals surface area contributed by atoms with Gasteiger partial charge in [-0.3, -0.25) is 9.59 Å². The lowest BCUT2D eigenvalue weighted by molar-refractivity contribution is -0.126. The normalized spacial score (nSPS) is 16.4. The molecule has 1 saturated heterocycles. The number of fused-ring (bicyclic) bond motifs is 1. The van der Waals surface area contributed by atoms with E-state index in [2.05, 4.69) is 16.4 Å². The molecule has 0 spiro atoms. The Kier molecular flexibility index (Phi) is 7.25. The fourth-order valence-corrected chi connectivity index (χ4v) is 5.78. The standard InChI is InChI=1S/C24H27N3O2S2/c1-2-13-25-22(28)19-6-5-14-27(15-19)23(29)18-11-9-17(10-12-18)16-30-24-26-20-7-3-4-8-21(20)31-24/h3-4,7-12,19H,2,5-6,13-16H2,1H3,(H,25,28). The van der Waals surface area contributed by atoms with Crippen molar-refractivity contribution in [3.63, 3.8) is 0 Å². The average Bonchev–Trinajstić information content (AvgIpc) is 3.24. The van der Waals surface area contributed by atoms with Gasteiger partial charge in [-0.1, -0.05) is 43.0 Å². The number of rotatable bonds is 7. The maximum atomic E-state index is 13.0. The number of aromatic nitrogens is 1. The molecule has 1 unspecified atom stereocenters. The fraction of sp³-hybridized carbons (Fsp3) is 0.375. The van der Waals surface area contributed by atoms with Gasteiger partial charge in [-0.15, -0.1) is 11.3 Å². The Hall–Kier alpha value is -2.38. The van der Waals surface area contributed by atoms with Gasteiger partial charge < -0.3 is 10.2 Å². The molecule has 0 saturated carbocycles. The summed E-state index contributed by atoms with van der Waals surface area (Å²) in [5, 5.41) is 2.96. The van der Waals surface area contributed by atoms with Crippen LogP contribution >= 0.6 is 23.1 Å². The molecule has 1 aromatic heterocycles. The van der Waals surface area contributed by atoms with Gasteiger partial charge in [0.05, 0.1) is 16.1 Å². The van der Waals surface area contributed by atoms with E-state index in [-0.39, 0.29) is 17.7 Å². The summed E-state index contributed by atoms with van der Waals surface area (Å²) in [4.78, 5) is 31.7. The first kappa shape index (κ1) is 21.8. The van der Waals surface area contributed by atoms with Crippen LogP contribution in [0.1, 0.15) is 42.1 Å². The zero-order chi connectivity index (χ0) is 21.6. The predicted octanol–water partition coefficient (Wildman–Crippen LogP) is 4.97. The molecule has 5 nitrogen and oxygen atoms in total. The summed E-state index contributed by atoms with van der Waals surface area (Å²) in [6.45, 7) is 3.95. The van der Waals surface area contributed by atoms with E-state index in [0.717, 1.165) is 40.4 Å². The lowest BCUT2D eigenvalue weighted by Crippen LogP contribution is -2.45. The minimum atomic E-state index is -0.103. The predicted molar refractivity (Wildman–Crippen MR) is 128 cm³/mol. The molecule has 1 atom stereocenters. The molecule has 7 heteroatoms. The molecule has 1 fully saturated rings. The van der Waals surface area contributed by atoms with Crippen molar-refractivity contribution in [3.8, 4) is 0 Å². The van der Waals surface area contributed by atoms with Crippen molar-refractivity contribution >= 4 is 45.1 Å². The SMILES string of the molecule is CCCNC(=O)C1CCCN(C(=O)c2ccc(CSc3nc4ccccc4s3)cc2)C1. The van der Waals surface area contributed by atoms with E-state index in [9.17, 15) is 9.59 Å². The second kappa shape index (κ2) is 10.3. The van der Waals surface area contributed by atoms with E-state index in [1.165, 1.54) is 4.70 Å². The second-order valence-corrected chi connectivity index (χ2v) is 10.1. The van der Waals surface area contributed by atoms with Crippen LogP contribution < -0.4 is 5.32 Å². The van der Waals surface area contributed by atoms with Crippen molar-refractivity contribution in [3.05, 3.63) is 59.7 Å². The van der Waals surface area contributed by atoms with E-state index in [1.54, 1.807) is 23.1 Å². The average molecular weight is 454 g/mol. The van der Waals surface area contributed by atoms with Crippen LogP contribution in [0.2, 0.25) is 0 Å². The summed E-state index contributed by atoms with van der Waals surface area (Å²) in [7, 11) is 0. The van der Waals surface area contributed by atoms with Gasteiger partial charge in [0.15, 0.2) is 4.34 Å².